The molecule has 0 spiro atoms. The predicted molar refractivity (Wildman–Crippen MR) is 92.5 cm³/mol. The van der Waals surface area contributed by atoms with E-state index in [1.165, 1.54) is 12.1 Å². The van der Waals surface area contributed by atoms with E-state index in [0.29, 0.717) is 11.3 Å². The van der Waals surface area contributed by atoms with Gasteiger partial charge in [-0.1, -0.05) is 17.7 Å². The normalized spacial score (nSPS) is 11.7. The number of nitrogens with one attached hydrogen (secondary N) is 1. The lowest BCUT2D eigenvalue weighted by Crippen LogP contribution is -2.30. The molecule has 1 atom stereocenters. The summed E-state index contributed by atoms with van der Waals surface area (Å²) in [5.41, 5.74) is 3.34. The molecule has 2 aromatic carbocycles. The molecule has 0 saturated heterocycles. The van der Waals surface area contributed by atoms with Gasteiger partial charge in [0.2, 0.25) is 0 Å². The minimum Gasteiger partial charge on any atom is -0.481 e. The number of carbonyl (C=O) groups excluding carboxylic acids is 1. The van der Waals surface area contributed by atoms with E-state index >= 15 is 0 Å². The van der Waals surface area contributed by atoms with E-state index in [2.05, 4.69) is 5.32 Å². The summed E-state index contributed by atoms with van der Waals surface area (Å²) in [6, 6.07) is 10.2. The number of benzene rings is 2. The van der Waals surface area contributed by atoms with Gasteiger partial charge in [-0.25, -0.2) is 0 Å². The molecule has 0 bridgehead atoms. The summed E-state index contributed by atoms with van der Waals surface area (Å²) in [7, 11) is 0. The summed E-state index contributed by atoms with van der Waals surface area (Å²) in [6.07, 6.45) is -0.730. The highest BCUT2D eigenvalue weighted by atomic mass is 16.6. The number of carbonyl (C=O) groups is 1. The van der Waals surface area contributed by atoms with Crippen LogP contribution in [0.4, 0.5) is 11.4 Å². The van der Waals surface area contributed by atoms with Crippen LogP contribution in [0.2, 0.25) is 0 Å². The molecule has 6 heteroatoms. The van der Waals surface area contributed by atoms with Crippen LogP contribution in [0.25, 0.3) is 0 Å². The van der Waals surface area contributed by atoms with Crippen LogP contribution in [0.1, 0.15) is 23.6 Å². The molecule has 24 heavy (non-hydrogen) atoms. The number of ether oxygens (including phenoxy) is 1. The first kappa shape index (κ1) is 17.5. The van der Waals surface area contributed by atoms with Gasteiger partial charge in [-0.2, -0.15) is 0 Å². The molecular weight excluding hydrogens is 308 g/mol. The van der Waals surface area contributed by atoms with E-state index in [1.54, 1.807) is 19.9 Å². The Morgan fingerprint density at radius 3 is 2.42 bits per heavy atom. The maximum Gasteiger partial charge on any atom is 0.272 e. The molecule has 0 fully saturated rings. The Kier molecular flexibility index (Phi) is 5.18. The highest BCUT2D eigenvalue weighted by molar-refractivity contribution is 5.94. The summed E-state index contributed by atoms with van der Waals surface area (Å²) < 4.78 is 5.59. The van der Waals surface area contributed by atoms with Crippen LogP contribution in [0, 0.1) is 30.9 Å². The highest BCUT2D eigenvalue weighted by Gasteiger charge is 2.17. The second-order valence-corrected chi connectivity index (χ2v) is 5.77. The topological polar surface area (TPSA) is 81.5 Å². The van der Waals surface area contributed by atoms with Gasteiger partial charge in [0.25, 0.3) is 11.6 Å². The Morgan fingerprint density at radius 2 is 1.83 bits per heavy atom. The van der Waals surface area contributed by atoms with Crippen molar-refractivity contribution in [2.75, 3.05) is 5.32 Å². The van der Waals surface area contributed by atoms with Gasteiger partial charge in [0, 0.05) is 17.3 Å². The number of hydrogen-bond donors (Lipinski definition) is 1. The Balaban J connectivity index is 2.06. The van der Waals surface area contributed by atoms with E-state index in [4.69, 9.17) is 4.74 Å². The fraction of sp³-hybridized carbons (Fsp3) is 0.278. The van der Waals surface area contributed by atoms with E-state index in [9.17, 15) is 14.9 Å². The number of aryl methyl sites for hydroxylation is 3. The van der Waals surface area contributed by atoms with Gasteiger partial charge in [0.1, 0.15) is 5.75 Å². The highest BCUT2D eigenvalue weighted by Crippen LogP contribution is 2.24. The van der Waals surface area contributed by atoms with Crippen LogP contribution < -0.4 is 10.1 Å². The van der Waals surface area contributed by atoms with Crippen molar-refractivity contribution in [3.63, 3.8) is 0 Å². The fourth-order valence-electron chi connectivity index (χ4n) is 2.35. The molecule has 0 saturated carbocycles. The van der Waals surface area contributed by atoms with Crippen molar-refractivity contribution in [1.82, 2.24) is 0 Å². The van der Waals surface area contributed by atoms with E-state index in [-0.39, 0.29) is 11.6 Å². The first-order chi connectivity index (χ1) is 11.3. The molecule has 2 rings (SSSR count). The van der Waals surface area contributed by atoms with Gasteiger partial charge in [-0.3, -0.25) is 14.9 Å². The van der Waals surface area contributed by atoms with Crippen LogP contribution >= 0.6 is 0 Å². The average molecular weight is 328 g/mol. The molecule has 1 amide bonds. The minimum atomic E-state index is -0.730. The van der Waals surface area contributed by atoms with Gasteiger partial charge >= 0.3 is 0 Å². The molecule has 0 radical (unpaired) electrons. The monoisotopic (exact) mass is 328 g/mol. The van der Waals surface area contributed by atoms with E-state index in [1.807, 2.05) is 32.0 Å². The predicted octanol–water partition coefficient (Wildman–Crippen LogP) is 3.93. The number of anilines is 1. The third kappa shape index (κ3) is 4.10. The molecule has 0 unspecified atom stereocenters. The summed E-state index contributed by atoms with van der Waals surface area (Å²) in [5.74, 6) is 0.138. The minimum absolute atomic E-state index is 0.0229. The molecule has 0 heterocycles. The first-order valence-electron chi connectivity index (χ1n) is 7.57. The summed E-state index contributed by atoms with van der Waals surface area (Å²) in [5, 5.41) is 13.7. The number of nitrogens with zero attached hydrogens (tertiary/aromatic N) is 1. The summed E-state index contributed by atoms with van der Waals surface area (Å²) in [4.78, 5) is 22.6. The van der Waals surface area contributed by atoms with Gasteiger partial charge in [0.05, 0.1) is 4.92 Å². The van der Waals surface area contributed by atoms with Gasteiger partial charge < -0.3 is 10.1 Å². The maximum absolute atomic E-state index is 12.3. The molecule has 0 aromatic heterocycles. The third-order valence-electron chi connectivity index (χ3n) is 3.69. The van der Waals surface area contributed by atoms with Crippen molar-refractivity contribution in [1.29, 1.82) is 0 Å². The number of nitro benzene ring substituents is 1. The number of rotatable bonds is 5. The second-order valence-electron chi connectivity index (χ2n) is 5.77. The lowest BCUT2D eigenvalue weighted by atomic mass is 10.1. The van der Waals surface area contributed by atoms with Crippen LogP contribution in [0.15, 0.2) is 36.4 Å². The molecule has 0 aliphatic heterocycles. The van der Waals surface area contributed by atoms with Crippen molar-refractivity contribution in [3.05, 3.63) is 63.2 Å². The molecular formula is C18H20N2O4. The van der Waals surface area contributed by atoms with Crippen molar-refractivity contribution < 1.29 is 14.5 Å². The number of hydrogen-bond acceptors (Lipinski definition) is 4. The van der Waals surface area contributed by atoms with Crippen LogP contribution in [-0.4, -0.2) is 16.9 Å². The van der Waals surface area contributed by atoms with Crippen molar-refractivity contribution >= 4 is 17.3 Å². The van der Waals surface area contributed by atoms with E-state index in [0.717, 1.165) is 16.8 Å². The van der Waals surface area contributed by atoms with Crippen molar-refractivity contribution in [3.8, 4) is 5.75 Å². The SMILES string of the molecule is Cc1ccc(NC(=O)[C@H](C)Oc2ccc([N+](=O)[O-])c(C)c2)c(C)c1. The Morgan fingerprint density at radius 1 is 1.12 bits per heavy atom. The van der Waals surface area contributed by atoms with Crippen LogP contribution in [0.5, 0.6) is 5.75 Å². The maximum atomic E-state index is 12.3. The zero-order valence-electron chi connectivity index (χ0n) is 14.1. The van der Waals surface area contributed by atoms with Crippen LogP contribution in [0.3, 0.4) is 0 Å². The van der Waals surface area contributed by atoms with Gasteiger partial charge in [-0.15, -0.1) is 0 Å². The van der Waals surface area contributed by atoms with Crippen molar-refractivity contribution in [2.45, 2.75) is 33.8 Å². The molecule has 0 aliphatic carbocycles. The molecule has 6 nitrogen and oxygen atoms in total. The second kappa shape index (κ2) is 7.12. The standard InChI is InChI=1S/C18H20N2O4/c1-11-5-7-16(12(2)9-11)19-18(21)14(4)24-15-6-8-17(20(22)23)13(3)10-15/h5-10,14H,1-4H3,(H,19,21)/t14-/m0/s1. The lowest BCUT2D eigenvalue weighted by Gasteiger charge is -2.16. The summed E-state index contributed by atoms with van der Waals surface area (Å²) >= 11 is 0. The average Bonchev–Trinajstić information content (AvgIpc) is 2.49. The first-order valence-corrected chi connectivity index (χ1v) is 7.57. The molecule has 126 valence electrons. The van der Waals surface area contributed by atoms with Crippen molar-refractivity contribution in [2.24, 2.45) is 0 Å². The quantitative estimate of drug-likeness (QED) is 0.666. The molecule has 2 aromatic rings. The molecule has 1 N–H and O–H groups in total. The van der Waals surface area contributed by atoms with E-state index < -0.39 is 11.0 Å². The van der Waals surface area contributed by atoms with Crippen LogP contribution in [-0.2, 0) is 4.79 Å². The number of amides is 1. The third-order valence-corrected chi connectivity index (χ3v) is 3.69. The zero-order valence-corrected chi connectivity index (χ0v) is 14.1. The zero-order chi connectivity index (χ0) is 17.9. The Labute approximate surface area is 140 Å². The Hall–Kier alpha value is -2.89. The Bertz CT molecular complexity index is 787. The largest absolute Gasteiger partial charge is 0.481 e. The lowest BCUT2D eigenvalue weighted by molar-refractivity contribution is -0.385. The molecule has 0 aliphatic rings. The van der Waals surface area contributed by atoms with Gasteiger partial charge in [-0.05, 0) is 51.5 Å². The summed E-state index contributed by atoms with van der Waals surface area (Å²) in [6.45, 7) is 7.18. The number of nitro groups is 1. The fourth-order valence-corrected chi connectivity index (χ4v) is 2.35. The smallest absolute Gasteiger partial charge is 0.272 e. The van der Waals surface area contributed by atoms with Gasteiger partial charge in [0.15, 0.2) is 6.10 Å².